The quantitative estimate of drug-likeness (QED) is 0.500. The third-order valence-corrected chi connectivity index (χ3v) is 2.29. The number of hydrogen-bond donors (Lipinski definition) is 0. The van der Waals surface area contributed by atoms with Gasteiger partial charge in [-0.15, -0.1) is 0 Å². The third-order valence-electron chi connectivity index (χ3n) is 2.29. The van der Waals surface area contributed by atoms with E-state index in [2.05, 4.69) is 11.9 Å². The van der Waals surface area contributed by atoms with Crippen LogP contribution in [0.15, 0.2) is 0 Å². The summed E-state index contributed by atoms with van der Waals surface area (Å²) >= 11 is 0. The molecule has 0 radical (unpaired) electrons. The molecule has 10 heavy (non-hydrogen) atoms. The molecule has 1 aliphatic rings. The second kappa shape index (κ2) is 2.87. The topological polar surface area (TPSA) is 3.24 Å². The van der Waals surface area contributed by atoms with E-state index >= 15 is 0 Å². The predicted octanol–water partition coefficient (Wildman–Crippen LogP) is 1.54. The van der Waals surface area contributed by atoms with Crippen molar-refractivity contribution in [3.8, 4) is 0 Å². The molecule has 1 heterocycles. The first-order valence-corrected chi connectivity index (χ1v) is 3.94. The maximum absolute atomic E-state index is 13.1. The third kappa shape index (κ3) is 1.48. The Morgan fingerprint density at radius 2 is 1.60 bits per heavy atom. The second-order valence-corrected chi connectivity index (χ2v) is 3.62. The molecule has 1 saturated heterocycles. The Hall–Kier alpha value is -0.110. The highest BCUT2D eigenvalue weighted by molar-refractivity contribution is 4.80. The molecule has 1 fully saturated rings. The van der Waals surface area contributed by atoms with Crippen molar-refractivity contribution < 1.29 is 4.39 Å². The minimum absolute atomic E-state index is 0.216. The zero-order chi connectivity index (χ0) is 7.72. The number of piperidine rings is 1. The van der Waals surface area contributed by atoms with E-state index in [9.17, 15) is 4.39 Å². The lowest BCUT2D eigenvalue weighted by molar-refractivity contribution is 0.0645. The normalized spacial score (nSPS) is 43.8. The van der Waals surface area contributed by atoms with Crippen LogP contribution in [0.4, 0.5) is 4.39 Å². The van der Waals surface area contributed by atoms with E-state index in [1.54, 1.807) is 0 Å². The summed E-state index contributed by atoms with van der Waals surface area (Å²) in [6, 6.07) is 0. The minimum Gasteiger partial charge on any atom is -0.306 e. The summed E-state index contributed by atoms with van der Waals surface area (Å²) in [6.45, 7) is 5.78. The SMILES string of the molecule is CC1CN(C)CC(C)C1F. The molecule has 0 bridgehead atoms. The number of alkyl halides is 1. The number of halogens is 1. The fourth-order valence-corrected chi connectivity index (χ4v) is 1.82. The highest BCUT2D eigenvalue weighted by Crippen LogP contribution is 2.23. The van der Waals surface area contributed by atoms with E-state index in [4.69, 9.17) is 0 Å². The molecule has 0 aliphatic carbocycles. The monoisotopic (exact) mass is 145 g/mol. The molecule has 0 aromatic heterocycles. The van der Waals surface area contributed by atoms with Gasteiger partial charge in [-0.1, -0.05) is 13.8 Å². The van der Waals surface area contributed by atoms with Crippen molar-refractivity contribution in [2.24, 2.45) is 11.8 Å². The molecule has 2 heteroatoms. The maximum atomic E-state index is 13.1. The van der Waals surface area contributed by atoms with Gasteiger partial charge >= 0.3 is 0 Å². The lowest BCUT2D eigenvalue weighted by atomic mass is 9.90. The predicted molar refractivity (Wildman–Crippen MR) is 40.7 cm³/mol. The maximum Gasteiger partial charge on any atom is 0.108 e. The van der Waals surface area contributed by atoms with E-state index in [0.717, 1.165) is 13.1 Å². The molecule has 60 valence electrons. The fraction of sp³-hybridized carbons (Fsp3) is 1.00. The van der Waals surface area contributed by atoms with Crippen LogP contribution in [0.5, 0.6) is 0 Å². The van der Waals surface area contributed by atoms with Gasteiger partial charge in [0.15, 0.2) is 0 Å². The van der Waals surface area contributed by atoms with Crippen LogP contribution in [-0.2, 0) is 0 Å². The van der Waals surface area contributed by atoms with E-state index in [-0.39, 0.29) is 11.8 Å². The van der Waals surface area contributed by atoms with Crippen molar-refractivity contribution in [3.63, 3.8) is 0 Å². The van der Waals surface area contributed by atoms with Gasteiger partial charge in [-0.05, 0) is 7.05 Å². The van der Waals surface area contributed by atoms with Crippen LogP contribution in [-0.4, -0.2) is 31.2 Å². The molecule has 0 saturated carbocycles. The summed E-state index contributed by atoms with van der Waals surface area (Å²) < 4.78 is 13.1. The number of rotatable bonds is 0. The Morgan fingerprint density at radius 1 is 1.20 bits per heavy atom. The average molecular weight is 145 g/mol. The minimum atomic E-state index is -0.587. The van der Waals surface area contributed by atoms with Crippen molar-refractivity contribution in [1.82, 2.24) is 4.90 Å². The van der Waals surface area contributed by atoms with Crippen molar-refractivity contribution in [2.45, 2.75) is 20.0 Å². The number of nitrogens with zero attached hydrogens (tertiary/aromatic N) is 1. The van der Waals surface area contributed by atoms with E-state index in [0.29, 0.717) is 0 Å². The van der Waals surface area contributed by atoms with Crippen LogP contribution in [0.25, 0.3) is 0 Å². The Labute approximate surface area is 62.2 Å². The van der Waals surface area contributed by atoms with Gasteiger partial charge in [0.2, 0.25) is 0 Å². The van der Waals surface area contributed by atoms with Crippen LogP contribution in [0.1, 0.15) is 13.8 Å². The van der Waals surface area contributed by atoms with Crippen LogP contribution in [0, 0.1) is 11.8 Å². The van der Waals surface area contributed by atoms with Gasteiger partial charge in [0.1, 0.15) is 6.17 Å². The fourth-order valence-electron chi connectivity index (χ4n) is 1.82. The van der Waals surface area contributed by atoms with Gasteiger partial charge in [-0.3, -0.25) is 0 Å². The van der Waals surface area contributed by atoms with Crippen molar-refractivity contribution in [1.29, 1.82) is 0 Å². The summed E-state index contributed by atoms with van der Waals surface area (Å²) in [5.41, 5.74) is 0. The average Bonchev–Trinajstić information content (AvgIpc) is 1.82. The lowest BCUT2D eigenvalue weighted by Gasteiger charge is -2.35. The zero-order valence-corrected chi connectivity index (χ0v) is 6.97. The van der Waals surface area contributed by atoms with E-state index in [1.165, 1.54) is 0 Å². The molecule has 0 aromatic rings. The zero-order valence-electron chi connectivity index (χ0n) is 6.97. The molecular formula is C8H16FN. The first-order valence-electron chi connectivity index (χ1n) is 3.94. The van der Waals surface area contributed by atoms with Crippen molar-refractivity contribution in [3.05, 3.63) is 0 Å². The Kier molecular flexibility index (Phi) is 2.29. The van der Waals surface area contributed by atoms with E-state index in [1.807, 2.05) is 13.8 Å². The van der Waals surface area contributed by atoms with Gasteiger partial charge < -0.3 is 4.90 Å². The van der Waals surface area contributed by atoms with Crippen LogP contribution in [0.2, 0.25) is 0 Å². The smallest absolute Gasteiger partial charge is 0.108 e. The molecule has 2 atom stereocenters. The summed E-state index contributed by atoms with van der Waals surface area (Å²) in [4.78, 5) is 2.20. The Bertz CT molecular complexity index is 104. The highest BCUT2D eigenvalue weighted by atomic mass is 19.1. The lowest BCUT2D eigenvalue weighted by Crippen LogP contribution is -2.43. The second-order valence-electron chi connectivity index (χ2n) is 3.62. The molecule has 0 amide bonds. The Balaban J connectivity index is 2.49. The van der Waals surface area contributed by atoms with Gasteiger partial charge in [-0.2, -0.15) is 0 Å². The first kappa shape index (κ1) is 7.99. The van der Waals surface area contributed by atoms with Gasteiger partial charge in [0.05, 0.1) is 0 Å². The van der Waals surface area contributed by atoms with Gasteiger partial charge in [-0.25, -0.2) is 4.39 Å². The van der Waals surface area contributed by atoms with Crippen LogP contribution in [0.3, 0.4) is 0 Å². The first-order chi connectivity index (χ1) is 4.61. The molecule has 2 unspecified atom stereocenters. The largest absolute Gasteiger partial charge is 0.306 e. The van der Waals surface area contributed by atoms with Gasteiger partial charge in [0.25, 0.3) is 0 Å². The molecule has 1 nitrogen and oxygen atoms in total. The summed E-state index contributed by atoms with van der Waals surface area (Å²) in [5, 5.41) is 0. The summed E-state index contributed by atoms with van der Waals surface area (Å²) in [7, 11) is 2.05. The molecule has 1 rings (SSSR count). The Morgan fingerprint density at radius 3 is 2.00 bits per heavy atom. The molecule has 0 aromatic carbocycles. The van der Waals surface area contributed by atoms with Crippen molar-refractivity contribution >= 4 is 0 Å². The highest BCUT2D eigenvalue weighted by Gasteiger charge is 2.29. The standard InChI is InChI=1S/C8H16FN/c1-6-4-10(3)5-7(2)8(6)9/h6-8H,4-5H2,1-3H3. The van der Waals surface area contributed by atoms with E-state index < -0.39 is 6.17 Å². The van der Waals surface area contributed by atoms with Crippen LogP contribution < -0.4 is 0 Å². The molecule has 0 spiro atoms. The summed E-state index contributed by atoms with van der Waals surface area (Å²) in [5.74, 6) is 0.433. The molecular weight excluding hydrogens is 129 g/mol. The van der Waals surface area contributed by atoms with Crippen LogP contribution >= 0.6 is 0 Å². The van der Waals surface area contributed by atoms with Gasteiger partial charge in [0, 0.05) is 24.9 Å². The van der Waals surface area contributed by atoms with Crippen molar-refractivity contribution in [2.75, 3.05) is 20.1 Å². The number of likely N-dealkylation sites (tertiary alicyclic amines) is 1. The molecule has 0 N–H and O–H groups in total. The number of hydrogen-bond acceptors (Lipinski definition) is 1. The summed E-state index contributed by atoms with van der Waals surface area (Å²) in [6.07, 6.45) is -0.587. The molecule has 1 aliphatic heterocycles.